The highest BCUT2D eigenvalue weighted by Crippen LogP contribution is 2.45. The second kappa shape index (κ2) is 6.40. The summed E-state index contributed by atoms with van der Waals surface area (Å²) < 4.78 is 0. The molecule has 0 heterocycles. The van der Waals surface area contributed by atoms with Gasteiger partial charge in [0.15, 0.2) is 0 Å². The van der Waals surface area contributed by atoms with E-state index in [0.29, 0.717) is 13.0 Å². The molecule has 110 valence electrons. The zero-order valence-corrected chi connectivity index (χ0v) is 12.5. The van der Waals surface area contributed by atoms with E-state index >= 15 is 0 Å². The van der Waals surface area contributed by atoms with E-state index in [9.17, 15) is 9.90 Å². The average Bonchev–Trinajstić information content (AvgIpc) is 2.40. The lowest BCUT2D eigenvalue weighted by Gasteiger charge is -2.43. The Morgan fingerprint density at radius 2 is 2.00 bits per heavy atom. The molecule has 1 aliphatic rings. The van der Waals surface area contributed by atoms with Gasteiger partial charge in [-0.2, -0.15) is 0 Å². The van der Waals surface area contributed by atoms with Gasteiger partial charge in [-0.05, 0) is 38.2 Å². The van der Waals surface area contributed by atoms with E-state index in [0.717, 1.165) is 25.7 Å². The molecule has 1 N–H and O–H groups in total. The van der Waals surface area contributed by atoms with Crippen LogP contribution in [0, 0.1) is 5.41 Å². The van der Waals surface area contributed by atoms with Crippen LogP contribution in [0.5, 0.6) is 0 Å². The lowest BCUT2D eigenvalue weighted by molar-refractivity contribution is -0.146. The minimum atomic E-state index is -0.350. The van der Waals surface area contributed by atoms with Gasteiger partial charge in [0.2, 0.25) is 5.91 Å². The first-order valence-corrected chi connectivity index (χ1v) is 7.51. The van der Waals surface area contributed by atoms with Crippen LogP contribution in [0.4, 0.5) is 0 Å². The summed E-state index contributed by atoms with van der Waals surface area (Å²) in [4.78, 5) is 14.5. The van der Waals surface area contributed by atoms with E-state index in [1.807, 2.05) is 25.2 Å². The maximum absolute atomic E-state index is 12.7. The zero-order chi connectivity index (χ0) is 14.6. The summed E-state index contributed by atoms with van der Waals surface area (Å²) in [5.41, 5.74) is 1.04. The number of amides is 1. The Morgan fingerprint density at radius 1 is 1.35 bits per heavy atom. The first-order chi connectivity index (χ1) is 9.53. The van der Waals surface area contributed by atoms with Crippen molar-refractivity contribution in [3.63, 3.8) is 0 Å². The second-order valence-corrected chi connectivity index (χ2v) is 6.16. The van der Waals surface area contributed by atoms with Crippen LogP contribution >= 0.6 is 0 Å². The van der Waals surface area contributed by atoms with E-state index in [2.05, 4.69) is 12.1 Å². The van der Waals surface area contributed by atoms with Gasteiger partial charge in [0.1, 0.15) is 0 Å². The number of benzene rings is 1. The van der Waals surface area contributed by atoms with Crippen molar-refractivity contribution in [1.29, 1.82) is 0 Å². The lowest BCUT2D eigenvalue weighted by atomic mass is 9.64. The number of rotatable bonds is 6. The maximum atomic E-state index is 12.7. The Bertz CT molecular complexity index is 438. The highest BCUT2D eigenvalue weighted by molar-refractivity contribution is 5.83. The summed E-state index contributed by atoms with van der Waals surface area (Å²) in [6.07, 6.45) is 4.24. The summed E-state index contributed by atoms with van der Waals surface area (Å²) in [7, 11) is 1.86. The van der Waals surface area contributed by atoms with Crippen LogP contribution in [0.15, 0.2) is 30.3 Å². The molecule has 0 radical (unpaired) electrons. The monoisotopic (exact) mass is 275 g/mol. The Labute approximate surface area is 121 Å². The van der Waals surface area contributed by atoms with Gasteiger partial charge in [-0.15, -0.1) is 0 Å². The van der Waals surface area contributed by atoms with Crippen molar-refractivity contribution in [1.82, 2.24) is 4.90 Å². The number of hydrogen-bond acceptors (Lipinski definition) is 2. The Kier molecular flexibility index (Phi) is 4.81. The van der Waals surface area contributed by atoms with Gasteiger partial charge < -0.3 is 10.0 Å². The summed E-state index contributed by atoms with van der Waals surface area (Å²) in [6, 6.07) is 10.3. The van der Waals surface area contributed by atoms with E-state index in [4.69, 9.17) is 0 Å². The summed E-state index contributed by atoms with van der Waals surface area (Å²) in [5, 5.41) is 9.35. The third-order valence-corrected chi connectivity index (χ3v) is 4.38. The first kappa shape index (κ1) is 15.0. The summed E-state index contributed by atoms with van der Waals surface area (Å²) in [6.45, 7) is 2.40. The number of aliphatic hydroxyl groups is 1. The van der Waals surface area contributed by atoms with Crippen LogP contribution in [0.1, 0.15) is 38.2 Å². The molecule has 0 saturated heterocycles. The molecule has 1 fully saturated rings. The van der Waals surface area contributed by atoms with Crippen molar-refractivity contribution >= 4 is 5.91 Å². The molecule has 0 aromatic heterocycles. The van der Waals surface area contributed by atoms with Crippen LogP contribution in [0.2, 0.25) is 0 Å². The van der Waals surface area contributed by atoms with Gasteiger partial charge in [0.05, 0.1) is 11.5 Å². The smallest absolute Gasteiger partial charge is 0.228 e. The molecule has 0 spiro atoms. The molecule has 1 amide bonds. The standard InChI is InChI=1S/C17H25NO2/c1-14(19)9-12-18(2)16(20)17(10-6-11-17)13-15-7-4-3-5-8-15/h3-5,7-8,14,19H,6,9-13H2,1-2H3. The molecule has 1 aliphatic carbocycles. The van der Waals surface area contributed by atoms with E-state index in [1.54, 1.807) is 11.8 Å². The van der Waals surface area contributed by atoms with Crippen LogP contribution in [-0.4, -0.2) is 35.6 Å². The minimum Gasteiger partial charge on any atom is -0.393 e. The van der Waals surface area contributed by atoms with Gasteiger partial charge in [-0.25, -0.2) is 0 Å². The molecular weight excluding hydrogens is 250 g/mol. The van der Waals surface area contributed by atoms with Crippen LogP contribution in [-0.2, 0) is 11.2 Å². The molecular formula is C17H25NO2. The zero-order valence-electron chi connectivity index (χ0n) is 12.5. The fourth-order valence-electron chi connectivity index (χ4n) is 2.94. The second-order valence-electron chi connectivity index (χ2n) is 6.16. The van der Waals surface area contributed by atoms with Gasteiger partial charge in [0, 0.05) is 13.6 Å². The topological polar surface area (TPSA) is 40.5 Å². The van der Waals surface area contributed by atoms with Gasteiger partial charge in [-0.3, -0.25) is 4.79 Å². The van der Waals surface area contributed by atoms with Crippen molar-refractivity contribution in [3.8, 4) is 0 Å². The van der Waals surface area contributed by atoms with Gasteiger partial charge in [-0.1, -0.05) is 36.8 Å². The number of nitrogens with zero attached hydrogens (tertiary/aromatic N) is 1. The fraction of sp³-hybridized carbons (Fsp3) is 0.588. The van der Waals surface area contributed by atoms with E-state index in [-0.39, 0.29) is 17.4 Å². The molecule has 3 nitrogen and oxygen atoms in total. The highest BCUT2D eigenvalue weighted by atomic mass is 16.3. The molecule has 0 bridgehead atoms. The maximum Gasteiger partial charge on any atom is 0.228 e. The van der Waals surface area contributed by atoms with E-state index in [1.165, 1.54) is 5.56 Å². The molecule has 0 aliphatic heterocycles. The SMILES string of the molecule is CC(O)CCN(C)C(=O)C1(Cc2ccccc2)CCC1. The highest BCUT2D eigenvalue weighted by Gasteiger charge is 2.45. The molecule has 1 atom stereocenters. The quantitative estimate of drug-likeness (QED) is 0.867. The first-order valence-electron chi connectivity index (χ1n) is 7.51. The average molecular weight is 275 g/mol. The van der Waals surface area contributed by atoms with Crippen molar-refractivity contribution in [3.05, 3.63) is 35.9 Å². The van der Waals surface area contributed by atoms with Crippen molar-refractivity contribution in [2.24, 2.45) is 5.41 Å². The molecule has 1 aromatic rings. The Hall–Kier alpha value is -1.35. The summed E-state index contributed by atoms with van der Waals surface area (Å²) >= 11 is 0. The Balaban J connectivity index is 2.01. The molecule has 1 saturated carbocycles. The van der Waals surface area contributed by atoms with Gasteiger partial charge >= 0.3 is 0 Å². The number of hydrogen-bond donors (Lipinski definition) is 1. The predicted octanol–water partition coefficient (Wildman–Crippen LogP) is 2.63. The fourth-order valence-corrected chi connectivity index (χ4v) is 2.94. The van der Waals surface area contributed by atoms with E-state index < -0.39 is 0 Å². The third-order valence-electron chi connectivity index (χ3n) is 4.38. The number of aliphatic hydroxyl groups excluding tert-OH is 1. The Morgan fingerprint density at radius 3 is 2.50 bits per heavy atom. The van der Waals surface area contributed by atoms with Crippen molar-refractivity contribution in [2.75, 3.05) is 13.6 Å². The normalized spacial score (nSPS) is 18.1. The van der Waals surface area contributed by atoms with Crippen LogP contribution in [0.3, 0.4) is 0 Å². The molecule has 20 heavy (non-hydrogen) atoms. The molecule has 2 rings (SSSR count). The van der Waals surface area contributed by atoms with Crippen molar-refractivity contribution in [2.45, 2.75) is 45.1 Å². The van der Waals surface area contributed by atoms with Crippen molar-refractivity contribution < 1.29 is 9.90 Å². The van der Waals surface area contributed by atoms with Gasteiger partial charge in [0.25, 0.3) is 0 Å². The predicted molar refractivity (Wildman–Crippen MR) is 80.4 cm³/mol. The molecule has 1 aromatic carbocycles. The molecule has 1 unspecified atom stereocenters. The number of carbonyl (C=O) groups is 1. The summed E-state index contributed by atoms with van der Waals surface area (Å²) in [5.74, 6) is 0.244. The minimum absolute atomic E-state index is 0.200. The molecule has 3 heteroatoms. The third kappa shape index (κ3) is 3.40. The number of carbonyl (C=O) groups excluding carboxylic acids is 1. The largest absolute Gasteiger partial charge is 0.393 e. The van der Waals surface area contributed by atoms with Crippen LogP contribution < -0.4 is 0 Å². The van der Waals surface area contributed by atoms with Crippen LogP contribution in [0.25, 0.3) is 0 Å². The lowest BCUT2D eigenvalue weighted by Crippen LogP contribution is -2.48.